The molecule has 0 fully saturated rings. The molecule has 0 bridgehead atoms. The van der Waals surface area contributed by atoms with Crippen LogP contribution in [0.4, 0.5) is 0 Å². The van der Waals surface area contributed by atoms with E-state index in [-0.39, 0.29) is 6.10 Å². The van der Waals surface area contributed by atoms with Crippen molar-refractivity contribution in [3.05, 3.63) is 47.0 Å². The fraction of sp³-hybridized carbons (Fsp3) is 0.400. The van der Waals surface area contributed by atoms with Crippen LogP contribution in [0.5, 0.6) is 5.75 Å². The molecule has 1 aromatic carbocycles. The zero-order chi connectivity index (χ0) is 13.2. The SMILES string of the molecule is COc1cccc(Cc2nc3c([nH]2)CC(O)CC3)c1. The molecule has 100 valence electrons. The van der Waals surface area contributed by atoms with Crippen LogP contribution in [0, 0.1) is 0 Å². The Morgan fingerprint density at radius 1 is 1.47 bits per heavy atom. The third-order valence-corrected chi connectivity index (χ3v) is 3.57. The molecule has 1 unspecified atom stereocenters. The second-order valence-corrected chi connectivity index (χ2v) is 5.03. The largest absolute Gasteiger partial charge is 0.497 e. The fourth-order valence-corrected chi connectivity index (χ4v) is 2.58. The molecular formula is C15H18N2O2. The number of nitrogens with zero attached hydrogens (tertiary/aromatic N) is 1. The summed E-state index contributed by atoms with van der Waals surface area (Å²) in [6.45, 7) is 0. The van der Waals surface area contributed by atoms with Crippen LogP contribution >= 0.6 is 0 Å². The van der Waals surface area contributed by atoms with Gasteiger partial charge in [-0.3, -0.25) is 0 Å². The number of nitrogens with one attached hydrogen (secondary N) is 1. The van der Waals surface area contributed by atoms with Crippen LogP contribution in [0.2, 0.25) is 0 Å². The summed E-state index contributed by atoms with van der Waals surface area (Å²) in [6, 6.07) is 8.02. The van der Waals surface area contributed by atoms with E-state index in [0.29, 0.717) is 6.42 Å². The van der Waals surface area contributed by atoms with Crippen molar-refractivity contribution in [1.29, 1.82) is 0 Å². The highest BCUT2D eigenvalue weighted by molar-refractivity contribution is 5.31. The Labute approximate surface area is 112 Å². The number of benzene rings is 1. The quantitative estimate of drug-likeness (QED) is 0.883. The third kappa shape index (κ3) is 2.63. The maximum atomic E-state index is 9.66. The molecule has 4 heteroatoms. The van der Waals surface area contributed by atoms with E-state index in [0.717, 1.165) is 42.2 Å². The lowest BCUT2D eigenvalue weighted by molar-refractivity contribution is 0.157. The molecule has 0 radical (unpaired) electrons. The van der Waals surface area contributed by atoms with E-state index in [1.54, 1.807) is 7.11 Å². The molecule has 1 aliphatic carbocycles. The Morgan fingerprint density at radius 3 is 3.21 bits per heavy atom. The molecule has 2 N–H and O–H groups in total. The number of aromatic nitrogens is 2. The summed E-state index contributed by atoms with van der Waals surface area (Å²) in [6.07, 6.45) is 2.92. The molecule has 2 aromatic rings. The lowest BCUT2D eigenvalue weighted by Crippen LogP contribution is -2.18. The van der Waals surface area contributed by atoms with Gasteiger partial charge >= 0.3 is 0 Å². The van der Waals surface area contributed by atoms with E-state index < -0.39 is 0 Å². The number of hydrogen-bond acceptors (Lipinski definition) is 3. The third-order valence-electron chi connectivity index (χ3n) is 3.57. The van der Waals surface area contributed by atoms with Gasteiger partial charge in [0.1, 0.15) is 11.6 Å². The maximum absolute atomic E-state index is 9.66. The van der Waals surface area contributed by atoms with Crippen molar-refractivity contribution < 1.29 is 9.84 Å². The van der Waals surface area contributed by atoms with Crippen LogP contribution in [0.25, 0.3) is 0 Å². The second-order valence-electron chi connectivity index (χ2n) is 5.03. The number of rotatable bonds is 3. The summed E-state index contributed by atoms with van der Waals surface area (Å²) in [5, 5.41) is 9.66. The summed E-state index contributed by atoms with van der Waals surface area (Å²) >= 11 is 0. The number of H-pyrrole nitrogens is 1. The van der Waals surface area contributed by atoms with E-state index in [1.807, 2.05) is 18.2 Å². The van der Waals surface area contributed by atoms with Crippen molar-refractivity contribution in [2.45, 2.75) is 31.8 Å². The minimum Gasteiger partial charge on any atom is -0.497 e. The molecular weight excluding hydrogens is 240 g/mol. The standard InChI is InChI=1S/C15H18N2O2/c1-19-12-4-2-3-10(7-12)8-15-16-13-6-5-11(18)9-14(13)17-15/h2-4,7,11,18H,5-6,8-9H2,1H3,(H,16,17). The van der Waals surface area contributed by atoms with Crippen LogP contribution in [-0.2, 0) is 19.3 Å². The normalized spacial score (nSPS) is 18.1. The Hall–Kier alpha value is -1.81. The van der Waals surface area contributed by atoms with Gasteiger partial charge in [-0.25, -0.2) is 4.98 Å². The predicted octanol–water partition coefficient (Wildman–Crippen LogP) is 1.86. The zero-order valence-corrected chi connectivity index (χ0v) is 11.0. The Kier molecular flexibility index (Phi) is 3.25. The number of aryl methyl sites for hydroxylation is 1. The number of ether oxygens (including phenoxy) is 1. The van der Waals surface area contributed by atoms with Crippen LogP contribution in [0.1, 0.15) is 29.2 Å². The first-order valence-corrected chi connectivity index (χ1v) is 6.62. The monoisotopic (exact) mass is 258 g/mol. The van der Waals surface area contributed by atoms with Gasteiger partial charge in [0.2, 0.25) is 0 Å². The van der Waals surface area contributed by atoms with E-state index in [1.165, 1.54) is 5.56 Å². The molecule has 0 aliphatic heterocycles. The van der Waals surface area contributed by atoms with Gasteiger partial charge in [-0.05, 0) is 30.5 Å². The van der Waals surface area contributed by atoms with Gasteiger partial charge in [0.25, 0.3) is 0 Å². The van der Waals surface area contributed by atoms with Gasteiger partial charge in [-0.1, -0.05) is 12.1 Å². The van der Waals surface area contributed by atoms with Crippen molar-refractivity contribution in [3.8, 4) is 5.75 Å². The van der Waals surface area contributed by atoms with Crippen LogP contribution in [0.15, 0.2) is 24.3 Å². The van der Waals surface area contributed by atoms with Crippen molar-refractivity contribution in [1.82, 2.24) is 9.97 Å². The molecule has 0 amide bonds. The molecule has 3 rings (SSSR count). The molecule has 4 nitrogen and oxygen atoms in total. The van der Waals surface area contributed by atoms with E-state index in [2.05, 4.69) is 16.0 Å². The minimum atomic E-state index is -0.224. The van der Waals surface area contributed by atoms with Gasteiger partial charge in [0.15, 0.2) is 0 Å². The van der Waals surface area contributed by atoms with Crippen LogP contribution < -0.4 is 4.74 Å². The Bertz CT molecular complexity index is 577. The Balaban J connectivity index is 1.80. The summed E-state index contributed by atoms with van der Waals surface area (Å²) in [5.41, 5.74) is 3.38. The van der Waals surface area contributed by atoms with Gasteiger partial charge in [0, 0.05) is 18.5 Å². The predicted molar refractivity (Wildman–Crippen MR) is 72.4 cm³/mol. The van der Waals surface area contributed by atoms with Crippen LogP contribution in [-0.4, -0.2) is 28.3 Å². The first-order valence-electron chi connectivity index (χ1n) is 6.62. The number of methoxy groups -OCH3 is 1. The number of hydrogen-bond donors (Lipinski definition) is 2. The van der Waals surface area contributed by atoms with Crippen molar-refractivity contribution in [3.63, 3.8) is 0 Å². The lowest BCUT2D eigenvalue weighted by atomic mass is 9.99. The molecule has 19 heavy (non-hydrogen) atoms. The average Bonchev–Trinajstić information content (AvgIpc) is 2.80. The number of fused-ring (bicyclic) bond motifs is 1. The summed E-state index contributed by atoms with van der Waals surface area (Å²) < 4.78 is 5.22. The first-order chi connectivity index (χ1) is 9.24. The maximum Gasteiger partial charge on any atom is 0.119 e. The number of aliphatic hydroxyl groups excluding tert-OH is 1. The molecule has 1 atom stereocenters. The van der Waals surface area contributed by atoms with E-state index in [4.69, 9.17) is 4.74 Å². The highest BCUT2D eigenvalue weighted by Gasteiger charge is 2.20. The van der Waals surface area contributed by atoms with Gasteiger partial charge in [-0.2, -0.15) is 0 Å². The van der Waals surface area contributed by atoms with Crippen molar-refractivity contribution >= 4 is 0 Å². The average molecular weight is 258 g/mol. The second kappa shape index (κ2) is 5.05. The minimum absolute atomic E-state index is 0.224. The number of aromatic amines is 1. The van der Waals surface area contributed by atoms with Crippen molar-refractivity contribution in [2.24, 2.45) is 0 Å². The van der Waals surface area contributed by atoms with Gasteiger partial charge < -0.3 is 14.8 Å². The molecule has 1 aliphatic rings. The number of aliphatic hydroxyl groups is 1. The van der Waals surface area contributed by atoms with Gasteiger partial charge in [0.05, 0.1) is 18.9 Å². The van der Waals surface area contributed by atoms with E-state index >= 15 is 0 Å². The summed E-state index contributed by atoms with van der Waals surface area (Å²) in [4.78, 5) is 7.97. The molecule has 1 heterocycles. The fourth-order valence-electron chi connectivity index (χ4n) is 2.58. The highest BCUT2D eigenvalue weighted by Crippen LogP contribution is 2.21. The highest BCUT2D eigenvalue weighted by atomic mass is 16.5. The van der Waals surface area contributed by atoms with Crippen LogP contribution in [0.3, 0.4) is 0 Å². The summed E-state index contributed by atoms with van der Waals surface area (Å²) in [5.74, 6) is 1.83. The smallest absolute Gasteiger partial charge is 0.119 e. The molecule has 0 spiro atoms. The molecule has 0 saturated heterocycles. The Morgan fingerprint density at radius 2 is 2.37 bits per heavy atom. The lowest BCUT2D eigenvalue weighted by Gasteiger charge is -2.14. The van der Waals surface area contributed by atoms with Gasteiger partial charge in [-0.15, -0.1) is 0 Å². The summed E-state index contributed by atoms with van der Waals surface area (Å²) in [7, 11) is 1.67. The topological polar surface area (TPSA) is 58.1 Å². The van der Waals surface area contributed by atoms with Crippen molar-refractivity contribution in [2.75, 3.05) is 7.11 Å². The molecule has 1 aromatic heterocycles. The van der Waals surface area contributed by atoms with E-state index in [9.17, 15) is 5.11 Å². The zero-order valence-electron chi connectivity index (χ0n) is 11.0. The number of imidazole rings is 1. The molecule has 0 saturated carbocycles. The first kappa shape index (κ1) is 12.2.